The van der Waals surface area contributed by atoms with Gasteiger partial charge in [-0.3, -0.25) is 0 Å². The molecule has 0 amide bonds. The molecule has 26 heavy (non-hydrogen) atoms. The molecule has 9 heteroatoms. The van der Waals surface area contributed by atoms with E-state index < -0.39 is 15.8 Å². The number of hydrogen-bond acceptors (Lipinski definition) is 7. The number of fused-ring (bicyclic) bond motifs is 1. The van der Waals surface area contributed by atoms with Crippen LogP contribution in [0.15, 0.2) is 47.8 Å². The molecule has 8 nitrogen and oxygen atoms in total. The van der Waals surface area contributed by atoms with Crippen molar-refractivity contribution in [1.29, 1.82) is 0 Å². The summed E-state index contributed by atoms with van der Waals surface area (Å²) < 4.78 is 31.1. The van der Waals surface area contributed by atoms with Crippen LogP contribution in [0.1, 0.15) is 29.4 Å². The number of aryl methyl sites for hydroxylation is 1. The SMILES string of the molecule is CCc1c(C(=O)OCCCS(=O)(=O)c2ccccc2)cnc2ncnn12. The van der Waals surface area contributed by atoms with Crippen LogP contribution < -0.4 is 0 Å². The predicted molar refractivity (Wildman–Crippen MR) is 93.6 cm³/mol. The van der Waals surface area contributed by atoms with Gasteiger partial charge in [-0.2, -0.15) is 10.1 Å². The molecule has 3 aromatic rings. The molecule has 0 spiro atoms. The van der Waals surface area contributed by atoms with E-state index in [1.807, 2.05) is 6.92 Å². The van der Waals surface area contributed by atoms with Crippen LogP contribution in [-0.4, -0.2) is 46.3 Å². The predicted octanol–water partition coefficient (Wildman–Crippen LogP) is 1.71. The fourth-order valence-corrected chi connectivity index (χ4v) is 3.88. The molecule has 0 atom stereocenters. The average Bonchev–Trinajstić information content (AvgIpc) is 3.13. The van der Waals surface area contributed by atoms with E-state index in [9.17, 15) is 13.2 Å². The number of carbonyl (C=O) groups is 1. The lowest BCUT2D eigenvalue weighted by Crippen LogP contribution is -2.15. The third-order valence-corrected chi connectivity index (χ3v) is 5.67. The van der Waals surface area contributed by atoms with Gasteiger partial charge in [0.2, 0.25) is 0 Å². The van der Waals surface area contributed by atoms with E-state index in [2.05, 4.69) is 15.1 Å². The fourth-order valence-electron chi connectivity index (χ4n) is 2.57. The van der Waals surface area contributed by atoms with Gasteiger partial charge in [-0.25, -0.2) is 22.7 Å². The average molecular weight is 374 g/mol. The van der Waals surface area contributed by atoms with Crippen molar-refractivity contribution in [1.82, 2.24) is 19.6 Å². The number of sulfone groups is 1. The first-order chi connectivity index (χ1) is 12.5. The Hall–Kier alpha value is -2.81. The summed E-state index contributed by atoms with van der Waals surface area (Å²) in [5.74, 6) is -0.234. The van der Waals surface area contributed by atoms with E-state index in [1.54, 1.807) is 30.3 Å². The van der Waals surface area contributed by atoms with Crippen molar-refractivity contribution in [3.63, 3.8) is 0 Å². The first kappa shape index (κ1) is 18.0. The third kappa shape index (κ3) is 3.72. The van der Waals surface area contributed by atoms with Crippen LogP contribution in [-0.2, 0) is 21.0 Å². The standard InChI is InChI=1S/C17H18N4O4S/c1-2-15-14(11-18-17-19-12-20-21(15)17)16(22)25-9-6-10-26(23,24)13-7-4-3-5-8-13/h3-5,7-8,11-12H,2,6,9-10H2,1H3. The number of aromatic nitrogens is 4. The van der Waals surface area contributed by atoms with Crippen LogP contribution >= 0.6 is 0 Å². The quantitative estimate of drug-likeness (QED) is 0.458. The molecule has 0 saturated carbocycles. The Kier molecular flexibility index (Phi) is 5.27. The number of benzene rings is 1. The van der Waals surface area contributed by atoms with Gasteiger partial charge in [0.25, 0.3) is 5.78 Å². The summed E-state index contributed by atoms with van der Waals surface area (Å²) in [6, 6.07) is 8.20. The zero-order valence-electron chi connectivity index (χ0n) is 14.2. The first-order valence-electron chi connectivity index (χ1n) is 8.15. The van der Waals surface area contributed by atoms with Crippen molar-refractivity contribution in [2.45, 2.75) is 24.7 Å². The maximum absolute atomic E-state index is 12.3. The van der Waals surface area contributed by atoms with Crippen molar-refractivity contribution < 1.29 is 17.9 Å². The Morgan fingerprint density at radius 3 is 2.69 bits per heavy atom. The number of nitrogens with zero attached hydrogens (tertiary/aromatic N) is 4. The molecular formula is C17H18N4O4S. The molecule has 2 heterocycles. The number of rotatable bonds is 7. The lowest BCUT2D eigenvalue weighted by atomic mass is 10.2. The van der Waals surface area contributed by atoms with Crippen LogP contribution in [0.25, 0.3) is 5.78 Å². The van der Waals surface area contributed by atoms with Crippen molar-refractivity contribution in [3.05, 3.63) is 54.1 Å². The largest absolute Gasteiger partial charge is 0.462 e. The summed E-state index contributed by atoms with van der Waals surface area (Å²) >= 11 is 0. The van der Waals surface area contributed by atoms with Gasteiger partial charge in [0.15, 0.2) is 9.84 Å². The maximum atomic E-state index is 12.3. The zero-order valence-corrected chi connectivity index (χ0v) is 15.0. The summed E-state index contributed by atoms with van der Waals surface area (Å²) in [5, 5.41) is 4.05. The number of carbonyl (C=O) groups excluding carboxylic acids is 1. The van der Waals surface area contributed by atoms with Crippen LogP contribution in [0.3, 0.4) is 0 Å². The highest BCUT2D eigenvalue weighted by molar-refractivity contribution is 7.91. The molecule has 0 fully saturated rings. The zero-order chi connectivity index (χ0) is 18.6. The molecule has 0 saturated heterocycles. The van der Waals surface area contributed by atoms with Gasteiger partial charge in [0.05, 0.1) is 28.5 Å². The molecule has 0 bridgehead atoms. The van der Waals surface area contributed by atoms with Crippen molar-refractivity contribution in [2.75, 3.05) is 12.4 Å². The van der Waals surface area contributed by atoms with Crippen LogP contribution in [0.5, 0.6) is 0 Å². The minimum absolute atomic E-state index is 0.00342. The Labute approximate surface area is 150 Å². The van der Waals surface area contributed by atoms with Crippen LogP contribution in [0, 0.1) is 0 Å². The van der Waals surface area contributed by atoms with E-state index in [0.717, 1.165) is 0 Å². The lowest BCUT2D eigenvalue weighted by molar-refractivity contribution is 0.0503. The van der Waals surface area contributed by atoms with Gasteiger partial charge in [-0.05, 0) is 25.0 Å². The molecule has 0 N–H and O–H groups in total. The Morgan fingerprint density at radius 1 is 1.19 bits per heavy atom. The Bertz CT molecular complexity index is 1020. The second-order valence-corrected chi connectivity index (χ2v) is 7.67. The third-order valence-electron chi connectivity index (χ3n) is 3.85. The van der Waals surface area contributed by atoms with Crippen molar-refractivity contribution >= 4 is 21.6 Å². The smallest absolute Gasteiger partial charge is 0.341 e. The molecule has 0 aliphatic heterocycles. The van der Waals surface area contributed by atoms with Crippen LogP contribution in [0.4, 0.5) is 0 Å². The molecule has 3 rings (SSSR count). The first-order valence-corrected chi connectivity index (χ1v) is 9.80. The number of esters is 1. The highest BCUT2D eigenvalue weighted by Crippen LogP contribution is 2.13. The minimum atomic E-state index is -3.38. The Balaban J connectivity index is 1.61. The van der Waals surface area contributed by atoms with Gasteiger partial charge in [-0.15, -0.1) is 0 Å². The van der Waals surface area contributed by atoms with Crippen molar-refractivity contribution in [2.24, 2.45) is 0 Å². The summed E-state index contributed by atoms with van der Waals surface area (Å²) in [6.07, 6.45) is 3.54. The monoisotopic (exact) mass is 374 g/mol. The normalized spacial score (nSPS) is 11.6. The Morgan fingerprint density at radius 2 is 1.96 bits per heavy atom. The molecule has 0 radical (unpaired) electrons. The van der Waals surface area contributed by atoms with Crippen molar-refractivity contribution in [3.8, 4) is 0 Å². The molecule has 1 aromatic carbocycles. The second-order valence-electron chi connectivity index (χ2n) is 5.57. The number of ether oxygens (including phenoxy) is 1. The molecule has 0 aliphatic carbocycles. The molecule has 0 unspecified atom stereocenters. The number of hydrogen-bond donors (Lipinski definition) is 0. The van der Waals surface area contributed by atoms with E-state index >= 15 is 0 Å². The summed E-state index contributed by atoms with van der Waals surface area (Å²) in [5.41, 5.74) is 0.950. The molecule has 2 aromatic heterocycles. The molecule has 136 valence electrons. The van der Waals surface area contributed by atoms with Gasteiger partial charge < -0.3 is 4.74 Å². The van der Waals surface area contributed by atoms with E-state index in [4.69, 9.17) is 4.74 Å². The van der Waals surface area contributed by atoms with E-state index in [1.165, 1.54) is 17.0 Å². The molecular weight excluding hydrogens is 356 g/mol. The maximum Gasteiger partial charge on any atom is 0.341 e. The van der Waals surface area contributed by atoms with Gasteiger partial charge >= 0.3 is 5.97 Å². The lowest BCUT2D eigenvalue weighted by Gasteiger charge is -2.09. The molecule has 0 aliphatic rings. The van der Waals surface area contributed by atoms with E-state index in [0.29, 0.717) is 23.5 Å². The van der Waals surface area contributed by atoms with Crippen LogP contribution in [0.2, 0.25) is 0 Å². The minimum Gasteiger partial charge on any atom is -0.462 e. The van der Waals surface area contributed by atoms with E-state index in [-0.39, 0.29) is 23.7 Å². The highest BCUT2D eigenvalue weighted by atomic mass is 32.2. The summed E-state index contributed by atoms with van der Waals surface area (Å²) in [7, 11) is -3.38. The fraction of sp³-hybridized carbons (Fsp3) is 0.294. The summed E-state index contributed by atoms with van der Waals surface area (Å²) in [6.45, 7) is 1.89. The van der Waals surface area contributed by atoms with Gasteiger partial charge in [0.1, 0.15) is 6.33 Å². The second kappa shape index (κ2) is 7.61. The topological polar surface area (TPSA) is 104 Å². The van der Waals surface area contributed by atoms with Gasteiger partial charge in [-0.1, -0.05) is 25.1 Å². The highest BCUT2D eigenvalue weighted by Gasteiger charge is 2.18. The summed E-state index contributed by atoms with van der Waals surface area (Å²) in [4.78, 5) is 20.6. The van der Waals surface area contributed by atoms with Gasteiger partial charge in [0, 0.05) is 6.20 Å².